The number of aromatic nitrogens is 1. The molecule has 0 saturated carbocycles. The van der Waals surface area contributed by atoms with Crippen LogP contribution in [0.5, 0.6) is 0 Å². The van der Waals surface area contributed by atoms with Gasteiger partial charge in [-0.15, -0.1) is 0 Å². The van der Waals surface area contributed by atoms with Crippen molar-refractivity contribution in [2.45, 2.75) is 13.3 Å². The molecule has 3 rings (SSSR count). The van der Waals surface area contributed by atoms with Crippen LogP contribution in [0, 0.1) is 6.92 Å². The molecule has 0 aliphatic carbocycles. The summed E-state index contributed by atoms with van der Waals surface area (Å²) in [4.78, 5) is 15.3. The first kappa shape index (κ1) is 19.2. The molecule has 27 heavy (non-hydrogen) atoms. The molecule has 2 N–H and O–H groups in total. The van der Waals surface area contributed by atoms with Crippen LogP contribution in [0.4, 0.5) is 0 Å². The van der Waals surface area contributed by atoms with Gasteiger partial charge in [0.25, 0.3) is 5.91 Å². The number of nitrogens with zero attached hydrogens (tertiary/aromatic N) is 2. The minimum absolute atomic E-state index is 0.208. The van der Waals surface area contributed by atoms with Gasteiger partial charge in [-0.1, -0.05) is 30.3 Å². The van der Waals surface area contributed by atoms with Crippen LogP contribution in [0.2, 0.25) is 0 Å². The van der Waals surface area contributed by atoms with Crippen molar-refractivity contribution in [2.24, 2.45) is 0 Å². The molecule has 0 atom stereocenters. The zero-order valence-electron chi connectivity index (χ0n) is 14.9. The molecule has 1 aliphatic heterocycles. The maximum atomic E-state index is 12.2. The van der Waals surface area contributed by atoms with Gasteiger partial charge in [-0.05, 0) is 41.7 Å². The van der Waals surface area contributed by atoms with Crippen molar-refractivity contribution in [1.82, 2.24) is 14.8 Å². The Balaban J connectivity index is 1.76. The van der Waals surface area contributed by atoms with Crippen molar-refractivity contribution in [1.29, 1.82) is 0 Å². The van der Waals surface area contributed by atoms with E-state index in [0.717, 1.165) is 27.8 Å². The Kier molecular flexibility index (Phi) is 5.69. The van der Waals surface area contributed by atoms with Crippen molar-refractivity contribution in [2.75, 3.05) is 18.8 Å². The van der Waals surface area contributed by atoms with Crippen LogP contribution in [0.15, 0.2) is 48.8 Å². The number of hydrogen-bond acceptors (Lipinski definition) is 5. The van der Waals surface area contributed by atoms with E-state index in [1.165, 1.54) is 9.79 Å². The molecule has 0 fully saturated rings. The molecular formula is C19H21N3O4S. The second kappa shape index (κ2) is 7.99. The Morgan fingerprint density at radius 3 is 2.70 bits per heavy atom. The van der Waals surface area contributed by atoms with Gasteiger partial charge in [0.05, 0.1) is 0 Å². The lowest BCUT2D eigenvalue weighted by Crippen LogP contribution is -2.40. The number of aryl methyl sites for hydroxylation is 1. The quantitative estimate of drug-likeness (QED) is 0.604. The molecule has 2 heterocycles. The van der Waals surface area contributed by atoms with Crippen LogP contribution < -0.4 is 5.48 Å². The Hall–Kier alpha value is -2.55. The van der Waals surface area contributed by atoms with Crippen LogP contribution in [0.1, 0.15) is 17.5 Å². The summed E-state index contributed by atoms with van der Waals surface area (Å²) >= 11 is 0. The number of hydrogen-bond donors (Lipinski definition) is 2. The van der Waals surface area contributed by atoms with Crippen molar-refractivity contribution in [3.05, 3.63) is 59.9 Å². The predicted molar refractivity (Wildman–Crippen MR) is 102 cm³/mol. The topological polar surface area (TPSA) is 99.6 Å². The number of carbonyl (C=O) groups excluding carboxylic acids is 1. The Bertz CT molecular complexity index is 972. The van der Waals surface area contributed by atoms with Crippen LogP contribution in [0.25, 0.3) is 16.7 Å². The van der Waals surface area contributed by atoms with Crippen molar-refractivity contribution < 1.29 is 18.4 Å². The third-order valence-corrected chi connectivity index (χ3v) is 6.32. The molecule has 8 heteroatoms. The number of hydroxylamine groups is 1. The Morgan fingerprint density at radius 1 is 1.30 bits per heavy atom. The van der Waals surface area contributed by atoms with Gasteiger partial charge in [-0.25, -0.2) is 13.9 Å². The van der Waals surface area contributed by atoms with Crippen LogP contribution in [0.3, 0.4) is 0 Å². The highest BCUT2D eigenvalue weighted by molar-refractivity contribution is 7.89. The first-order valence-corrected chi connectivity index (χ1v) is 10.1. The van der Waals surface area contributed by atoms with E-state index in [0.29, 0.717) is 13.0 Å². The van der Waals surface area contributed by atoms with Crippen molar-refractivity contribution in [3.63, 3.8) is 0 Å². The monoisotopic (exact) mass is 387 g/mol. The zero-order valence-corrected chi connectivity index (χ0v) is 15.7. The van der Waals surface area contributed by atoms with Gasteiger partial charge in [0.2, 0.25) is 10.0 Å². The molecule has 1 aromatic heterocycles. The Labute approximate surface area is 158 Å². The summed E-state index contributed by atoms with van der Waals surface area (Å²) in [7, 11) is -3.74. The largest absolute Gasteiger partial charge is 0.289 e. The van der Waals surface area contributed by atoms with Gasteiger partial charge < -0.3 is 0 Å². The van der Waals surface area contributed by atoms with Gasteiger partial charge >= 0.3 is 0 Å². The molecule has 0 saturated heterocycles. The van der Waals surface area contributed by atoms with Crippen molar-refractivity contribution in [3.8, 4) is 11.1 Å². The summed E-state index contributed by atoms with van der Waals surface area (Å²) in [6, 6.07) is 10.1. The Morgan fingerprint density at radius 2 is 2.11 bits per heavy atom. The molecule has 2 aromatic rings. The number of rotatable bonds is 5. The van der Waals surface area contributed by atoms with E-state index in [9.17, 15) is 13.2 Å². The number of carbonyl (C=O) groups is 1. The second-order valence-electron chi connectivity index (χ2n) is 6.40. The van der Waals surface area contributed by atoms with E-state index in [2.05, 4.69) is 17.1 Å². The summed E-state index contributed by atoms with van der Waals surface area (Å²) in [5, 5.41) is 8.52. The van der Waals surface area contributed by atoms with Gasteiger partial charge in [0, 0.05) is 31.0 Å². The molecule has 1 aromatic carbocycles. The molecule has 142 valence electrons. The minimum Gasteiger partial charge on any atom is -0.289 e. The normalized spacial score (nSPS) is 15.3. The van der Waals surface area contributed by atoms with E-state index in [4.69, 9.17) is 5.21 Å². The number of amides is 1. The fourth-order valence-corrected chi connectivity index (χ4v) is 4.41. The summed E-state index contributed by atoms with van der Waals surface area (Å²) in [5.74, 6) is -1.70. The predicted octanol–water partition coefficient (Wildman–Crippen LogP) is 1.98. The van der Waals surface area contributed by atoms with Crippen LogP contribution >= 0.6 is 0 Å². The lowest BCUT2D eigenvalue weighted by molar-refractivity contribution is -0.126. The van der Waals surface area contributed by atoms with Gasteiger partial charge in [-0.2, -0.15) is 4.31 Å². The van der Waals surface area contributed by atoms with Crippen LogP contribution in [-0.2, 0) is 14.8 Å². The van der Waals surface area contributed by atoms with E-state index < -0.39 is 21.7 Å². The number of sulfonamides is 1. The average Bonchev–Trinajstić information content (AvgIpc) is 2.68. The molecule has 0 unspecified atom stereocenters. The minimum atomic E-state index is -3.74. The molecule has 0 bridgehead atoms. The SMILES string of the molecule is Cc1cc(C2=CCN(S(=O)(=O)CC(=O)NO)CC2)ccc1-c1cccnc1. The zero-order chi connectivity index (χ0) is 19.4. The molecule has 1 aliphatic rings. The maximum Gasteiger partial charge on any atom is 0.259 e. The molecule has 0 radical (unpaired) electrons. The fourth-order valence-electron chi connectivity index (χ4n) is 3.16. The van der Waals surface area contributed by atoms with Crippen LogP contribution in [-0.4, -0.2) is 47.7 Å². The molecule has 1 amide bonds. The number of pyridine rings is 1. The summed E-state index contributed by atoms with van der Waals surface area (Å²) in [6.45, 7) is 2.55. The highest BCUT2D eigenvalue weighted by Crippen LogP contribution is 2.29. The third kappa shape index (κ3) is 4.41. The average molecular weight is 387 g/mol. The second-order valence-corrected chi connectivity index (χ2v) is 8.37. The summed E-state index contributed by atoms with van der Waals surface area (Å²) in [5.41, 5.74) is 6.78. The first-order chi connectivity index (χ1) is 12.9. The molecular weight excluding hydrogens is 366 g/mol. The first-order valence-electron chi connectivity index (χ1n) is 8.52. The molecule has 0 spiro atoms. The summed E-state index contributed by atoms with van der Waals surface area (Å²) < 4.78 is 25.6. The van der Waals surface area contributed by atoms with E-state index >= 15 is 0 Å². The fraction of sp³-hybridized carbons (Fsp3) is 0.263. The maximum absolute atomic E-state index is 12.2. The van der Waals surface area contributed by atoms with Crippen molar-refractivity contribution >= 4 is 21.5 Å². The number of nitrogens with one attached hydrogen (secondary N) is 1. The highest BCUT2D eigenvalue weighted by atomic mass is 32.2. The van der Waals surface area contributed by atoms with E-state index in [1.54, 1.807) is 6.20 Å². The van der Waals surface area contributed by atoms with Gasteiger partial charge in [-0.3, -0.25) is 15.0 Å². The van der Waals surface area contributed by atoms with E-state index in [1.807, 2.05) is 37.4 Å². The molecule has 7 nitrogen and oxygen atoms in total. The number of benzene rings is 1. The lowest BCUT2D eigenvalue weighted by atomic mass is 9.94. The standard InChI is InChI=1S/C19H21N3O4S/c1-14-11-16(4-5-18(14)17-3-2-8-20-12-17)15-6-9-22(10-7-15)27(25,26)13-19(23)21-24/h2-6,8,11-12,24H,7,9-10,13H2,1H3,(H,21,23). The van der Waals surface area contributed by atoms with Gasteiger partial charge in [0.15, 0.2) is 0 Å². The van der Waals surface area contributed by atoms with E-state index in [-0.39, 0.29) is 6.54 Å². The summed E-state index contributed by atoms with van der Waals surface area (Å²) in [6.07, 6.45) is 6.00. The smallest absolute Gasteiger partial charge is 0.259 e. The van der Waals surface area contributed by atoms with Gasteiger partial charge in [0.1, 0.15) is 5.75 Å². The third-order valence-electron chi connectivity index (χ3n) is 4.57. The highest BCUT2D eigenvalue weighted by Gasteiger charge is 2.27. The lowest BCUT2D eigenvalue weighted by Gasteiger charge is -2.26.